The molecule has 9 heteroatoms. The van der Waals surface area contributed by atoms with Crippen LogP contribution < -0.4 is 0 Å². The molecular formula is C19H20N4O5. The Morgan fingerprint density at radius 3 is 2.54 bits per heavy atom. The van der Waals surface area contributed by atoms with Crippen molar-refractivity contribution in [3.8, 4) is 0 Å². The van der Waals surface area contributed by atoms with Crippen molar-refractivity contribution in [1.29, 1.82) is 0 Å². The maximum Gasteiger partial charge on any atom is 0.344 e. The molecule has 0 aliphatic carbocycles. The van der Waals surface area contributed by atoms with Crippen molar-refractivity contribution in [2.24, 2.45) is 0 Å². The van der Waals surface area contributed by atoms with E-state index in [2.05, 4.69) is 15.1 Å². The van der Waals surface area contributed by atoms with Gasteiger partial charge >= 0.3 is 11.9 Å². The van der Waals surface area contributed by atoms with Crippen molar-refractivity contribution in [3.05, 3.63) is 52.2 Å². The number of rotatable bonds is 6. The Morgan fingerprint density at radius 1 is 1.11 bits per heavy atom. The zero-order valence-corrected chi connectivity index (χ0v) is 16.0. The third-order valence-corrected chi connectivity index (χ3v) is 4.30. The van der Waals surface area contributed by atoms with Crippen LogP contribution in [0, 0.1) is 20.8 Å². The van der Waals surface area contributed by atoms with Gasteiger partial charge < -0.3 is 14.5 Å². The van der Waals surface area contributed by atoms with Gasteiger partial charge in [-0.25, -0.2) is 19.1 Å². The summed E-state index contributed by atoms with van der Waals surface area (Å²) in [7, 11) is 0. The molecular weight excluding hydrogens is 364 g/mol. The third kappa shape index (κ3) is 3.38. The van der Waals surface area contributed by atoms with Gasteiger partial charge in [0.15, 0.2) is 12.3 Å². The smallest absolute Gasteiger partial charge is 0.344 e. The molecule has 0 atom stereocenters. The zero-order valence-electron chi connectivity index (χ0n) is 16.0. The van der Waals surface area contributed by atoms with Crippen LogP contribution in [0.1, 0.15) is 55.1 Å². The second kappa shape index (κ2) is 7.63. The summed E-state index contributed by atoms with van der Waals surface area (Å²) in [5.74, 6) is -1.64. The van der Waals surface area contributed by atoms with Crippen LogP contribution in [0.5, 0.6) is 0 Å². The van der Waals surface area contributed by atoms with Crippen molar-refractivity contribution in [2.75, 3.05) is 13.2 Å². The standard InChI is InChI=1S/C19H20N4O5/c1-5-27-18(25)14-10(2)16(21-11(14)3)13(24)9-28-19(26)15-12(4)22-23-8-6-7-20-17(15)23/h6-8,21H,5,9H2,1-4H3. The van der Waals surface area contributed by atoms with E-state index in [9.17, 15) is 14.4 Å². The minimum absolute atomic E-state index is 0.208. The molecule has 0 saturated carbocycles. The molecule has 9 nitrogen and oxygen atoms in total. The molecule has 0 unspecified atom stereocenters. The lowest BCUT2D eigenvalue weighted by Gasteiger charge is -2.04. The summed E-state index contributed by atoms with van der Waals surface area (Å²) in [5.41, 5.74) is 2.53. The Labute approximate surface area is 160 Å². The molecule has 0 amide bonds. The van der Waals surface area contributed by atoms with Crippen molar-refractivity contribution in [3.63, 3.8) is 0 Å². The number of nitrogens with zero attached hydrogens (tertiary/aromatic N) is 3. The lowest BCUT2D eigenvalue weighted by Crippen LogP contribution is -2.16. The highest BCUT2D eigenvalue weighted by molar-refractivity contribution is 6.04. The predicted octanol–water partition coefficient (Wildman–Crippen LogP) is 2.20. The number of esters is 2. The highest BCUT2D eigenvalue weighted by Crippen LogP contribution is 2.20. The third-order valence-electron chi connectivity index (χ3n) is 4.30. The topological polar surface area (TPSA) is 116 Å². The Bertz CT molecular complexity index is 1080. The fourth-order valence-corrected chi connectivity index (χ4v) is 3.05. The number of aromatic nitrogens is 4. The van der Waals surface area contributed by atoms with Gasteiger partial charge in [-0.15, -0.1) is 0 Å². The molecule has 0 saturated heterocycles. The number of ketones is 1. The number of carbonyl (C=O) groups excluding carboxylic acids is 3. The fourth-order valence-electron chi connectivity index (χ4n) is 3.05. The highest BCUT2D eigenvalue weighted by Gasteiger charge is 2.25. The van der Waals surface area contributed by atoms with Gasteiger partial charge in [0.1, 0.15) is 5.56 Å². The van der Waals surface area contributed by atoms with E-state index >= 15 is 0 Å². The summed E-state index contributed by atoms with van der Waals surface area (Å²) >= 11 is 0. The summed E-state index contributed by atoms with van der Waals surface area (Å²) in [5, 5.41) is 4.20. The van der Waals surface area contributed by atoms with E-state index in [4.69, 9.17) is 9.47 Å². The maximum atomic E-state index is 12.5. The zero-order chi connectivity index (χ0) is 20.4. The second-order valence-electron chi connectivity index (χ2n) is 6.19. The minimum Gasteiger partial charge on any atom is -0.462 e. The first-order valence-corrected chi connectivity index (χ1v) is 8.71. The Hall–Kier alpha value is -3.49. The second-order valence-corrected chi connectivity index (χ2v) is 6.19. The average Bonchev–Trinajstić information content (AvgIpc) is 3.15. The Morgan fingerprint density at radius 2 is 1.82 bits per heavy atom. The summed E-state index contributed by atoms with van der Waals surface area (Å²) in [6.07, 6.45) is 3.21. The number of hydrogen-bond acceptors (Lipinski definition) is 7. The van der Waals surface area contributed by atoms with Gasteiger partial charge in [-0.05, 0) is 39.3 Å². The van der Waals surface area contributed by atoms with Crippen LogP contribution in [0.25, 0.3) is 5.65 Å². The molecule has 0 fully saturated rings. The number of carbonyl (C=O) groups is 3. The van der Waals surface area contributed by atoms with Crippen LogP contribution in [0.4, 0.5) is 0 Å². The lowest BCUT2D eigenvalue weighted by molar-refractivity contribution is 0.0473. The molecule has 3 aromatic rings. The molecule has 3 aromatic heterocycles. The summed E-state index contributed by atoms with van der Waals surface area (Å²) in [6.45, 7) is 6.44. The highest BCUT2D eigenvalue weighted by atomic mass is 16.5. The first kappa shape index (κ1) is 19.3. The largest absolute Gasteiger partial charge is 0.462 e. The number of ether oxygens (including phenoxy) is 2. The SMILES string of the molecule is CCOC(=O)c1c(C)[nH]c(C(=O)COC(=O)c2c(C)nn3cccnc23)c1C. The number of aryl methyl sites for hydroxylation is 2. The maximum absolute atomic E-state index is 12.5. The Balaban J connectivity index is 1.77. The molecule has 0 radical (unpaired) electrons. The number of fused-ring (bicyclic) bond motifs is 1. The number of nitrogens with one attached hydrogen (secondary N) is 1. The first-order chi connectivity index (χ1) is 13.3. The van der Waals surface area contributed by atoms with Crippen molar-refractivity contribution < 1.29 is 23.9 Å². The monoisotopic (exact) mass is 384 g/mol. The van der Waals surface area contributed by atoms with Gasteiger partial charge in [-0.2, -0.15) is 5.10 Å². The summed E-state index contributed by atoms with van der Waals surface area (Å²) < 4.78 is 11.7. The summed E-state index contributed by atoms with van der Waals surface area (Å²) in [6, 6.07) is 1.69. The van der Waals surface area contributed by atoms with Gasteiger partial charge in [-0.1, -0.05) is 0 Å². The Kier molecular flexibility index (Phi) is 5.25. The van der Waals surface area contributed by atoms with E-state index < -0.39 is 24.3 Å². The molecule has 0 aromatic carbocycles. The van der Waals surface area contributed by atoms with E-state index in [-0.39, 0.29) is 17.9 Å². The van der Waals surface area contributed by atoms with Crippen molar-refractivity contribution >= 4 is 23.4 Å². The van der Waals surface area contributed by atoms with Crippen LogP contribution in [-0.4, -0.2) is 50.5 Å². The lowest BCUT2D eigenvalue weighted by atomic mass is 10.1. The van der Waals surface area contributed by atoms with Crippen LogP contribution in [0.2, 0.25) is 0 Å². The quantitative estimate of drug-likeness (QED) is 0.511. The van der Waals surface area contributed by atoms with Gasteiger partial charge in [0.05, 0.1) is 23.6 Å². The van der Waals surface area contributed by atoms with Gasteiger partial charge in [-0.3, -0.25) is 4.79 Å². The van der Waals surface area contributed by atoms with E-state index in [0.29, 0.717) is 28.2 Å². The van der Waals surface area contributed by atoms with Gasteiger partial charge in [0.2, 0.25) is 5.78 Å². The number of aromatic amines is 1. The molecule has 0 spiro atoms. The van der Waals surface area contributed by atoms with Gasteiger partial charge in [0.25, 0.3) is 0 Å². The van der Waals surface area contributed by atoms with E-state index in [0.717, 1.165) is 0 Å². The molecule has 28 heavy (non-hydrogen) atoms. The summed E-state index contributed by atoms with van der Waals surface area (Å²) in [4.78, 5) is 44.1. The molecule has 3 heterocycles. The molecule has 0 aliphatic heterocycles. The number of hydrogen-bond donors (Lipinski definition) is 1. The minimum atomic E-state index is -0.689. The normalized spacial score (nSPS) is 10.9. The van der Waals surface area contributed by atoms with Crippen LogP contribution in [0.15, 0.2) is 18.5 Å². The predicted molar refractivity (Wildman–Crippen MR) is 98.6 cm³/mol. The molecule has 0 aliphatic rings. The van der Waals surface area contributed by atoms with Gasteiger partial charge in [0, 0.05) is 18.1 Å². The van der Waals surface area contributed by atoms with Crippen molar-refractivity contribution in [1.82, 2.24) is 19.6 Å². The molecule has 1 N–H and O–H groups in total. The number of H-pyrrole nitrogens is 1. The fraction of sp³-hybridized carbons (Fsp3) is 0.316. The molecule has 3 rings (SSSR count). The molecule has 0 bridgehead atoms. The van der Waals surface area contributed by atoms with E-state index in [1.165, 1.54) is 4.52 Å². The average molecular weight is 384 g/mol. The van der Waals surface area contributed by atoms with Crippen LogP contribution in [0.3, 0.4) is 0 Å². The molecule has 146 valence electrons. The van der Waals surface area contributed by atoms with Crippen LogP contribution in [-0.2, 0) is 9.47 Å². The van der Waals surface area contributed by atoms with E-state index in [1.54, 1.807) is 46.2 Å². The van der Waals surface area contributed by atoms with Crippen molar-refractivity contribution in [2.45, 2.75) is 27.7 Å². The first-order valence-electron chi connectivity index (χ1n) is 8.71. The number of Topliss-reactive ketones (excluding diaryl/α,β-unsaturated/α-hetero) is 1. The van der Waals surface area contributed by atoms with E-state index in [1.807, 2.05) is 0 Å². The van der Waals surface area contributed by atoms with Crippen LogP contribution >= 0.6 is 0 Å².